The third-order valence-corrected chi connectivity index (χ3v) is 7.63. The maximum atomic E-state index is 12.1. The van der Waals surface area contributed by atoms with Gasteiger partial charge < -0.3 is 14.9 Å². The molecule has 1 aliphatic rings. The summed E-state index contributed by atoms with van der Waals surface area (Å²) in [7, 11) is 0. The summed E-state index contributed by atoms with van der Waals surface area (Å²) in [6.07, 6.45) is -2.44. The number of aliphatic hydroxyl groups excluding tert-OH is 2. The van der Waals surface area contributed by atoms with Crippen LogP contribution in [-0.4, -0.2) is 22.4 Å². The summed E-state index contributed by atoms with van der Waals surface area (Å²) in [6, 6.07) is 31.9. The lowest BCUT2D eigenvalue weighted by atomic mass is 9.74. The molecule has 3 nitrogen and oxygen atoms in total. The number of hydrogen-bond donors (Lipinski definition) is 2. The van der Waals surface area contributed by atoms with E-state index in [4.69, 9.17) is 4.74 Å². The van der Waals surface area contributed by atoms with Crippen LogP contribution in [0.4, 0.5) is 0 Å². The van der Waals surface area contributed by atoms with Crippen molar-refractivity contribution in [2.45, 2.75) is 51.1 Å². The first-order chi connectivity index (χ1) is 16.8. The molecule has 0 saturated carbocycles. The smallest absolute Gasteiger partial charge is 0.149 e. The van der Waals surface area contributed by atoms with Gasteiger partial charge in [-0.15, -0.1) is 0 Å². The molecule has 1 aliphatic heterocycles. The van der Waals surface area contributed by atoms with Gasteiger partial charge in [-0.2, -0.15) is 0 Å². The van der Waals surface area contributed by atoms with Gasteiger partial charge >= 0.3 is 0 Å². The van der Waals surface area contributed by atoms with Crippen molar-refractivity contribution in [3.63, 3.8) is 0 Å². The standard InChI is InChI=1S/C32H32O3/c1-21-13-5-9-17-25(21)31(26-18-10-6-14-22(26)2)29(33)30(34)32(35-31,27-19-11-7-15-23(27)3)28-20-12-8-16-24(28)4/h5-20,29-30,33-34H,1-4H3/t29-,30-/m0/s1. The molecule has 0 spiro atoms. The average molecular weight is 465 g/mol. The molecule has 0 aliphatic carbocycles. The molecule has 2 atom stereocenters. The Balaban J connectivity index is 1.91. The van der Waals surface area contributed by atoms with Crippen LogP contribution in [0.1, 0.15) is 44.5 Å². The number of ether oxygens (including phenoxy) is 1. The number of aliphatic hydroxyl groups is 2. The number of rotatable bonds is 4. The van der Waals surface area contributed by atoms with Crippen molar-refractivity contribution in [1.29, 1.82) is 0 Å². The zero-order chi connectivity index (χ0) is 24.8. The van der Waals surface area contributed by atoms with Gasteiger partial charge in [0.05, 0.1) is 0 Å². The van der Waals surface area contributed by atoms with Crippen molar-refractivity contribution in [2.75, 3.05) is 0 Å². The Morgan fingerprint density at radius 2 is 0.686 bits per heavy atom. The molecule has 35 heavy (non-hydrogen) atoms. The monoisotopic (exact) mass is 464 g/mol. The zero-order valence-corrected chi connectivity index (χ0v) is 20.7. The molecule has 178 valence electrons. The van der Waals surface area contributed by atoms with E-state index < -0.39 is 23.4 Å². The molecule has 3 heteroatoms. The van der Waals surface area contributed by atoms with Crippen LogP contribution >= 0.6 is 0 Å². The summed E-state index contributed by atoms with van der Waals surface area (Å²) in [5.74, 6) is 0. The first-order valence-corrected chi connectivity index (χ1v) is 12.1. The van der Waals surface area contributed by atoms with E-state index in [0.717, 1.165) is 44.5 Å². The summed E-state index contributed by atoms with van der Waals surface area (Å²) in [6.45, 7) is 8.11. The highest BCUT2D eigenvalue weighted by Gasteiger charge is 2.65. The van der Waals surface area contributed by atoms with Gasteiger partial charge in [0, 0.05) is 0 Å². The van der Waals surface area contributed by atoms with E-state index in [1.165, 1.54) is 0 Å². The van der Waals surface area contributed by atoms with E-state index in [-0.39, 0.29) is 0 Å². The first-order valence-electron chi connectivity index (χ1n) is 12.1. The second kappa shape index (κ2) is 8.76. The second-order valence-corrected chi connectivity index (χ2v) is 9.72. The molecule has 2 N–H and O–H groups in total. The number of hydrogen-bond acceptors (Lipinski definition) is 3. The highest BCUT2D eigenvalue weighted by atomic mass is 16.6. The summed E-state index contributed by atoms with van der Waals surface area (Å²) in [5.41, 5.74) is 4.82. The molecule has 1 saturated heterocycles. The summed E-state index contributed by atoms with van der Waals surface area (Å²) < 4.78 is 7.33. The molecule has 4 aromatic rings. The number of benzene rings is 4. The lowest BCUT2D eigenvalue weighted by Crippen LogP contribution is -2.44. The van der Waals surface area contributed by atoms with Crippen LogP contribution in [0.5, 0.6) is 0 Å². The van der Waals surface area contributed by atoms with E-state index in [0.29, 0.717) is 0 Å². The van der Waals surface area contributed by atoms with Gasteiger partial charge in [-0.1, -0.05) is 97.1 Å². The van der Waals surface area contributed by atoms with Crippen molar-refractivity contribution in [3.05, 3.63) is 142 Å². The second-order valence-electron chi connectivity index (χ2n) is 9.72. The van der Waals surface area contributed by atoms with Gasteiger partial charge in [-0.05, 0) is 72.2 Å². The highest BCUT2D eigenvalue weighted by Crippen LogP contribution is 2.57. The molecule has 0 unspecified atom stereocenters. The SMILES string of the molecule is Cc1ccccc1C1(c2ccccc2C)OC(c2ccccc2C)(c2ccccc2C)[C@@H](O)[C@@H]1O. The molecule has 4 aromatic carbocycles. The molecule has 1 fully saturated rings. The van der Waals surface area contributed by atoms with E-state index in [9.17, 15) is 10.2 Å². The molecule has 0 amide bonds. The summed E-state index contributed by atoms with van der Waals surface area (Å²) in [4.78, 5) is 0. The fraction of sp³-hybridized carbons (Fsp3) is 0.250. The van der Waals surface area contributed by atoms with Gasteiger partial charge in [0.25, 0.3) is 0 Å². The van der Waals surface area contributed by atoms with Crippen LogP contribution in [0.2, 0.25) is 0 Å². The van der Waals surface area contributed by atoms with Crippen LogP contribution in [0, 0.1) is 27.7 Å². The molecular weight excluding hydrogens is 432 g/mol. The Kier molecular flexibility index (Phi) is 5.88. The Labute approximate surface area is 207 Å². The minimum atomic E-state index is -1.28. The fourth-order valence-electron chi connectivity index (χ4n) is 5.93. The van der Waals surface area contributed by atoms with Crippen LogP contribution in [0.25, 0.3) is 0 Å². The van der Waals surface area contributed by atoms with Gasteiger partial charge in [0.15, 0.2) is 0 Å². The maximum absolute atomic E-state index is 12.1. The quantitative estimate of drug-likeness (QED) is 0.398. The fourth-order valence-corrected chi connectivity index (χ4v) is 5.93. The van der Waals surface area contributed by atoms with E-state index in [1.54, 1.807) is 0 Å². The minimum absolute atomic E-state index is 0.852. The maximum Gasteiger partial charge on any atom is 0.149 e. The topological polar surface area (TPSA) is 49.7 Å². The number of aryl methyl sites for hydroxylation is 4. The lowest BCUT2D eigenvalue weighted by Gasteiger charge is -2.39. The van der Waals surface area contributed by atoms with Crippen LogP contribution in [0.3, 0.4) is 0 Å². The predicted molar refractivity (Wildman–Crippen MR) is 139 cm³/mol. The third kappa shape index (κ3) is 3.38. The van der Waals surface area contributed by atoms with E-state index in [1.807, 2.05) is 125 Å². The van der Waals surface area contributed by atoms with E-state index in [2.05, 4.69) is 0 Å². The molecule has 0 aromatic heterocycles. The molecule has 5 rings (SSSR count). The normalized spacial score (nSPS) is 20.6. The average Bonchev–Trinajstić information content (AvgIpc) is 3.09. The first kappa shape index (κ1) is 23.5. The Morgan fingerprint density at radius 3 is 0.914 bits per heavy atom. The largest absolute Gasteiger partial charge is 0.386 e. The Morgan fingerprint density at radius 1 is 0.457 bits per heavy atom. The summed E-state index contributed by atoms with van der Waals surface area (Å²) in [5, 5.41) is 24.3. The van der Waals surface area contributed by atoms with Crippen molar-refractivity contribution in [1.82, 2.24) is 0 Å². The molecular formula is C32H32O3. The van der Waals surface area contributed by atoms with Gasteiger partial charge in [0.1, 0.15) is 23.4 Å². The molecule has 0 bridgehead atoms. The third-order valence-electron chi connectivity index (χ3n) is 7.63. The van der Waals surface area contributed by atoms with Gasteiger partial charge in [-0.3, -0.25) is 0 Å². The predicted octanol–water partition coefficient (Wildman–Crippen LogP) is 5.86. The lowest BCUT2D eigenvalue weighted by molar-refractivity contribution is -0.101. The zero-order valence-electron chi connectivity index (χ0n) is 20.7. The summed E-state index contributed by atoms with van der Waals surface area (Å²) >= 11 is 0. The van der Waals surface area contributed by atoms with Gasteiger partial charge in [-0.25, -0.2) is 0 Å². The Hall–Kier alpha value is -3.24. The molecule has 0 radical (unpaired) electrons. The van der Waals surface area contributed by atoms with E-state index >= 15 is 0 Å². The van der Waals surface area contributed by atoms with Gasteiger partial charge in [0.2, 0.25) is 0 Å². The van der Waals surface area contributed by atoms with Crippen LogP contribution < -0.4 is 0 Å². The minimum Gasteiger partial charge on any atom is -0.386 e. The highest BCUT2D eigenvalue weighted by molar-refractivity contribution is 5.53. The van der Waals surface area contributed by atoms with Crippen molar-refractivity contribution in [3.8, 4) is 0 Å². The van der Waals surface area contributed by atoms with Crippen molar-refractivity contribution in [2.24, 2.45) is 0 Å². The van der Waals surface area contributed by atoms with Crippen molar-refractivity contribution < 1.29 is 14.9 Å². The Bertz CT molecular complexity index is 1180. The van der Waals surface area contributed by atoms with Crippen LogP contribution in [-0.2, 0) is 15.9 Å². The molecule has 1 heterocycles. The van der Waals surface area contributed by atoms with Crippen LogP contribution in [0.15, 0.2) is 97.1 Å². The van der Waals surface area contributed by atoms with Crippen molar-refractivity contribution >= 4 is 0 Å².